The summed E-state index contributed by atoms with van der Waals surface area (Å²) in [6.07, 6.45) is 58.0. The summed E-state index contributed by atoms with van der Waals surface area (Å²) in [4.78, 5) is 86.2. The lowest BCUT2D eigenvalue weighted by Crippen LogP contribution is -2.49. The van der Waals surface area contributed by atoms with Gasteiger partial charge in [0.2, 0.25) is 0 Å². The number of carbonyl (C=O) groups excluding carboxylic acids is 7. The van der Waals surface area contributed by atoms with Gasteiger partial charge in [-0.05, 0) is 459 Å². The number of fused-ring (bicyclic) bond motifs is 32. The molecule has 14 nitrogen and oxygen atoms in total. The van der Waals surface area contributed by atoms with Crippen LogP contribution in [0.5, 0.6) is 0 Å². The maximum absolute atomic E-state index is 12.7. The third kappa shape index (κ3) is 28.5. The first-order valence-electron chi connectivity index (χ1n) is 57.4. The molecule has 0 aliphatic heterocycles. The molecule has 870 valence electrons. The minimum atomic E-state index is -0.343. The van der Waals surface area contributed by atoms with E-state index in [-0.39, 0.29) is 224 Å². The Balaban J connectivity index is 0.00000167. The summed E-state index contributed by atoms with van der Waals surface area (Å²) < 4.78 is 42.4. The van der Waals surface area contributed by atoms with E-state index in [4.69, 9.17) is 33.2 Å². The lowest BCUT2D eigenvalue weighted by molar-refractivity contribution is -0.185. The highest BCUT2D eigenvalue weighted by Crippen LogP contribution is 2.74. The topological polar surface area (TPSA) is 184 Å². The Kier molecular flexibility index (Phi) is 55.0. The molecule has 14 bridgehead atoms. The summed E-state index contributed by atoms with van der Waals surface area (Å²) in [6, 6.07) is 0. The fraction of sp³-hybridized carbons (Fsp3) is 0.947. The van der Waals surface area contributed by atoms with E-state index in [2.05, 4.69) is 90.0 Å². The summed E-state index contributed by atoms with van der Waals surface area (Å²) in [5.41, 5.74) is -2.41. The Morgan fingerprint density at radius 3 is 0.898 bits per heavy atom. The van der Waals surface area contributed by atoms with Gasteiger partial charge in [0, 0.05) is 35.5 Å². The highest BCUT2D eigenvalue weighted by atomic mass is 16.6. The summed E-state index contributed by atoms with van der Waals surface area (Å²) in [5, 5.41) is 0. The Hall–Kier alpha value is -3.71. The van der Waals surface area contributed by atoms with Gasteiger partial charge in [-0.3, -0.25) is 33.6 Å². The van der Waals surface area contributed by atoms with E-state index in [0.717, 1.165) is 209 Å². The molecular formula is C133H254O14. The van der Waals surface area contributed by atoms with Crippen LogP contribution in [0.2, 0.25) is 0 Å². The Morgan fingerprint density at radius 1 is 0.252 bits per heavy atom. The first-order valence-corrected chi connectivity index (χ1v) is 57.4. The highest BCUT2D eigenvalue weighted by molar-refractivity contribution is 5.78. The van der Waals surface area contributed by atoms with Crippen molar-refractivity contribution < 1.29 is 66.7 Å². The molecule has 0 heterocycles. The number of hydrogen-bond donors (Lipinski definition) is 0. The maximum Gasteiger partial charge on any atom is 0.312 e. The maximum atomic E-state index is 12.7. The second-order valence-electron chi connectivity index (χ2n) is 53.5. The Labute approximate surface area is 914 Å². The van der Waals surface area contributed by atoms with E-state index in [1.807, 2.05) is 83.1 Å². The van der Waals surface area contributed by atoms with Crippen LogP contribution in [-0.2, 0) is 66.7 Å². The fourth-order valence-electron chi connectivity index (χ4n) is 34.5. The molecule has 36 atom stereocenters. The van der Waals surface area contributed by atoms with Gasteiger partial charge < -0.3 is 33.2 Å². The summed E-state index contributed by atoms with van der Waals surface area (Å²) in [6.45, 7) is 51.9. The van der Waals surface area contributed by atoms with Gasteiger partial charge in [-0.2, -0.15) is 0 Å². The van der Waals surface area contributed by atoms with Gasteiger partial charge in [-0.25, -0.2) is 0 Å². The average Bonchev–Trinajstić information content (AvgIpc) is 1.53. The highest BCUT2D eigenvalue weighted by Gasteiger charge is 2.71. The fourth-order valence-corrected chi connectivity index (χ4v) is 34.5. The number of rotatable bonds is 23. The molecule has 147 heavy (non-hydrogen) atoms. The summed E-state index contributed by atoms with van der Waals surface area (Å²) in [5.74, 6) is 22.0. The summed E-state index contributed by atoms with van der Waals surface area (Å²) in [7, 11) is 0. The van der Waals surface area contributed by atoms with Crippen molar-refractivity contribution in [3.8, 4) is 0 Å². The van der Waals surface area contributed by atoms with Crippen LogP contribution in [0.25, 0.3) is 0 Å². The molecule has 0 radical (unpaired) electrons. The van der Waals surface area contributed by atoms with E-state index in [9.17, 15) is 33.6 Å². The standard InChI is InChI=1S/C20H32O2.C19H30O2.C17H28O2.C17H30O2.C16H26O2.C16H28O2.C14H24O2.14CH4/c1-5-19(3,4)18(21)22-20(6-2)11-14-10-15(20)17-13-8-7-12(9-13)16(14)17;1-4-11(3)18(20)21-19(5-2)10-14-9-15(19)17-13-7-6-12(8-13)16(14)17;1-5-16(2,3)15(18)19-17(4)10-11-9-14(17)13-8-6-7-12(11)13;1-5-16(2,3)15(18)19-17(4)12-8-10-13-9-6-7-11-14(13)17;1-4-10(2)15(17)18-16(3)9-11-8-14(16)13-7-5-6-12(11)13;1-4-12(2)15(17)18-16(3)11-7-9-13-8-5-6-10-14(13)16;1-5-13(2,3)12(15)16-14(4)9-10-6-7-11(14)8-10;;;;;;;;;;;;;;/h12-17H,5-11H2,1-4H3;11-17H,4-10H2,1-3H3;11-14H,5-10H2,1-4H3;13-14H,5-12H2,1-4H3;10-14H,4-9H2,1-3H3;12-14H,4-11H2,1-3H3;10-11H,5-9H2,1-4H3;14*1H4. The predicted molar refractivity (Wildman–Crippen MR) is 626 cm³/mol. The zero-order valence-electron chi connectivity index (χ0n) is 89.7. The van der Waals surface area contributed by atoms with Crippen LogP contribution < -0.4 is 0 Å². The smallest absolute Gasteiger partial charge is 0.312 e. The van der Waals surface area contributed by atoms with Crippen molar-refractivity contribution in [2.24, 2.45) is 193 Å². The molecule has 14 heteroatoms. The average molecular weight is 2080 g/mol. The molecule has 20 aliphatic rings. The molecular weight excluding hydrogens is 1820 g/mol. The molecule has 0 amide bonds. The monoisotopic (exact) mass is 2080 g/mol. The van der Waals surface area contributed by atoms with Gasteiger partial charge in [0.05, 0.1) is 39.4 Å². The van der Waals surface area contributed by atoms with E-state index < -0.39 is 0 Å². The zero-order chi connectivity index (χ0) is 96.5. The molecule has 36 unspecified atom stereocenters. The van der Waals surface area contributed by atoms with Crippen molar-refractivity contribution in [3.63, 3.8) is 0 Å². The van der Waals surface area contributed by atoms with Crippen LogP contribution in [0.1, 0.15) is 579 Å². The quantitative estimate of drug-likeness (QED) is 0.0535. The van der Waals surface area contributed by atoms with Crippen molar-refractivity contribution in [2.75, 3.05) is 0 Å². The first-order chi connectivity index (χ1) is 62.8. The lowest BCUT2D eigenvalue weighted by atomic mass is 9.63. The largest absolute Gasteiger partial charge is 0.459 e. The second-order valence-corrected chi connectivity index (χ2v) is 53.5. The van der Waals surface area contributed by atoms with Gasteiger partial charge in [0.15, 0.2) is 0 Å². The van der Waals surface area contributed by atoms with E-state index in [1.165, 1.54) is 205 Å². The Bertz CT molecular complexity index is 3980. The number of ether oxygens (including phenoxy) is 7. The van der Waals surface area contributed by atoms with Crippen LogP contribution in [0.4, 0.5) is 0 Å². The van der Waals surface area contributed by atoms with Gasteiger partial charge in [-0.15, -0.1) is 0 Å². The normalized spacial score (nSPS) is 39.4. The van der Waals surface area contributed by atoms with Crippen molar-refractivity contribution in [1.29, 1.82) is 0 Å². The molecule has 0 N–H and O–H groups in total. The molecule has 20 aliphatic carbocycles. The minimum absolute atomic E-state index is 0. The summed E-state index contributed by atoms with van der Waals surface area (Å²) >= 11 is 0. The van der Waals surface area contributed by atoms with Gasteiger partial charge in [-0.1, -0.05) is 238 Å². The van der Waals surface area contributed by atoms with Crippen LogP contribution in [0.3, 0.4) is 0 Å². The molecule has 20 fully saturated rings. The number of hydrogen-bond acceptors (Lipinski definition) is 14. The van der Waals surface area contributed by atoms with Crippen molar-refractivity contribution in [3.05, 3.63) is 0 Å². The third-order valence-corrected chi connectivity index (χ3v) is 44.5. The third-order valence-electron chi connectivity index (χ3n) is 44.5. The van der Waals surface area contributed by atoms with Gasteiger partial charge in [0.1, 0.15) is 39.2 Å². The molecule has 0 aromatic heterocycles. The molecule has 0 saturated heterocycles. The molecule has 20 rings (SSSR count). The van der Waals surface area contributed by atoms with Gasteiger partial charge >= 0.3 is 41.8 Å². The second kappa shape index (κ2) is 56.5. The first kappa shape index (κ1) is 143. The van der Waals surface area contributed by atoms with Crippen LogP contribution in [0.15, 0.2) is 0 Å². The number of carbonyl (C=O) groups is 7. The van der Waals surface area contributed by atoms with E-state index >= 15 is 0 Å². The Morgan fingerprint density at radius 2 is 0.551 bits per heavy atom. The van der Waals surface area contributed by atoms with Crippen molar-refractivity contribution in [2.45, 2.75) is 618 Å². The van der Waals surface area contributed by atoms with Crippen molar-refractivity contribution in [1.82, 2.24) is 0 Å². The molecule has 20 saturated carbocycles. The minimum Gasteiger partial charge on any atom is -0.459 e. The lowest BCUT2D eigenvalue weighted by Gasteiger charge is -2.48. The van der Waals surface area contributed by atoms with Crippen LogP contribution in [0, 0.1) is 193 Å². The van der Waals surface area contributed by atoms with Crippen LogP contribution >= 0.6 is 0 Å². The molecule has 0 aromatic rings. The van der Waals surface area contributed by atoms with Gasteiger partial charge in [0.25, 0.3) is 0 Å². The zero-order valence-corrected chi connectivity index (χ0v) is 89.7. The van der Waals surface area contributed by atoms with E-state index in [1.54, 1.807) is 0 Å². The predicted octanol–water partition coefficient (Wildman–Crippen LogP) is 38.7. The SMILES string of the molecule is C.C.C.C.C.C.C.C.C.C.C.C.C.C.CCC(C)(C)C(=O)OC1(C)CC2CC1C1CCCC21.CCC(C)(C)C(=O)OC1(C)CC2CCC1C2.CCC(C)(C)C(=O)OC1(C)CCCC2CCCCC21.CCC(C)(C)C(=O)OC1(CC)CC2CC1C1C3CCC(C3)C21.CCC(C)C(=O)OC1(C)CC2CC1C1CCCC21.CCC(C)C(=O)OC1(C)CCCC2CCCCC21.CCC(C)C(=O)OC1(CC)CC2CC1C1C3CCC(C3)C21. The molecule has 0 spiro atoms. The van der Waals surface area contributed by atoms with Crippen LogP contribution in [-0.4, -0.2) is 81.0 Å². The van der Waals surface area contributed by atoms with Crippen molar-refractivity contribution >= 4 is 41.8 Å². The molecule has 0 aromatic carbocycles. The number of esters is 7. The van der Waals surface area contributed by atoms with E-state index in [0.29, 0.717) is 41.4 Å².